The molecule has 1 atom stereocenters. The Hall–Kier alpha value is -2.69. The molecule has 0 aliphatic rings. The molecule has 0 aromatic heterocycles. The van der Waals surface area contributed by atoms with E-state index in [9.17, 15) is 14.0 Å². The Morgan fingerprint density at radius 3 is 2.22 bits per heavy atom. The second-order valence-electron chi connectivity index (χ2n) is 6.78. The Labute approximate surface area is 160 Å². The van der Waals surface area contributed by atoms with Gasteiger partial charge < -0.3 is 10.2 Å². The van der Waals surface area contributed by atoms with Gasteiger partial charge in [0.2, 0.25) is 11.8 Å². The fourth-order valence-electron chi connectivity index (χ4n) is 2.75. The van der Waals surface area contributed by atoms with Crippen molar-refractivity contribution < 1.29 is 14.0 Å². The minimum Gasteiger partial charge on any atom is -0.354 e. The molecule has 0 fully saturated rings. The third-order valence-corrected chi connectivity index (χ3v) is 4.46. The number of halogens is 1. The van der Waals surface area contributed by atoms with Gasteiger partial charge in [0.25, 0.3) is 0 Å². The molecule has 0 heterocycles. The van der Waals surface area contributed by atoms with Gasteiger partial charge >= 0.3 is 0 Å². The van der Waals surface area contributed by atoms with Crippen molar-refractivity contribution in [3.63, 3.8) is 0 Å². The third kappa shape index (κ3) is 6.20. The maximum atomic E-state index is 13.2. The molecule has 2 aromatic carbocycles. The summed E-state index contributed by atoms with van der Waals surface area (Å²) >= 11 is 0. The highest BCUT2D eigenvalue weighted by Crippen LogP contribution is 2.13. The van der Waals surface area contributed by atoms with Crippen LogP contribution in [0.4, 0.5) is 4.39 Å². The first-order chi connectivity index (χ1) is 12.9. The number of nitrogens with one attached hydrogen (secondary N) is 1. The van der Waals surface area contributed by atoms with Gasteiger partial charge in [-0.05, 0) is 43.5 Å². The maximum absolute atomic E-state index is 13.2. The van der Waals surface area contributed by atoms with Crippen LogP contribution in [0.3, 0.4) is 0 Å². The fourth-order valence-corrected chi connectivity index (χ4v) is 2.75. The molecule has 0 radical (unpaired) electrons. The van der Waals surface area contributed by atoms with E-state index >= 15 is 0 Å². The van der Waals surface area contributed by atoms with E-state index in [1.807, 2.05) is 38.1 Å². The largest absolute Gasteiger partial charge is 0.354 e. The van der Waals surface area contributed by atoms with Gasteiger partial charge in [0.1, 0.15) is 11.9 Å². The van der Waals surface area contributed by atoms with Crippen molar-refractivity contribution in [3.05, 3.63) is 71.0 Å². The van der Waals surface area contributed by atoms with E-state index in [0.29, 0.717) is 6.54 Å². The standard InChI is InChI=1S/C22H27FN2O2/c1-4-13-24-22(27)17(3)25(15-19-9-11-20(23)12-10-19)21(26)14-18-7-5-16(2)6-8-18/h5-12,17H,4,13-15H2,1-3H3,(H,24,27)/t17-/m0/s1. The lowest BCUT2D eigenvalue weighted by Gasteiger charge is -2.29. The summed E-state index contributed by atoms with van der Waals surface area (Å²) < 4.78 is 13.2. The van der Waals surface area contributed by atoms with Crippen molar-refractivity contribution in [1.82, 2.24) is 10.2 Å². The van der Waals surface area contributed by atoms with Gasteiger partial charge in [0.05, 0.1) is 6.42 Å². The highest BCUT2D eigenvalue weighted by molar-refractivity contribution is 5.88. The molecule has 27 heavy (non-hydrogen) atoms. The molecule has 5 heteroatoms. The Morgan fingerprint density at radius 2 is 1.63 bits per heavy atom. The second-order valence-corrected chi connectivity index (χ2v) is 6.78. The average molecular weight is 370 g/mol. The minimum absolute atomic E-state index is 0.137. The monoisotopic (exact) mass is 370 g/mol. The van der Waals surface area contributed by atoms with E-state index in [0.717, 1.165) is 23.1 Å². The molecule has 0 aliphatic carbocycles. The molecule has 144 valence electrons. The quantitative estimate of drug-likeness (QED) is 0.772. The second kappa shape index (κ2) is 9.86. The minimum atomic E-state index is -0.612. The molecule has 0 unspecified atom stereocenters. The molecule has 1 N–H and O–H groups in total. The van der Waals surface area contributed by atoms with E-state index in [4.69, 9.17) is 0 Å². The van der Waals surface area contributed by atoms with Crippen LogP contribution in [0.25, 0.3) is 0 Å². The van der Waals surface area contributed by atoms with Gasteiger partial charge in [-0.3, -0.25) is 9.59 Å². The Balaban J connectivity index is 2.18. The third-order valence-electron chi connectivity index (χ3n) is 4.46. The summed E-state index contributed by atoms with van der Waals surface area (Å²) in [7, 11) is 0. The SMILES string of the molecule is CCCNC(=O)[C@H](C)N(Cc1ccc(F)cc1)C(=O)Cc1ccc(C)cc1. The summed E-state index contributed by atoms with van der Waals surface area (Å²) in [5.74, 6) is -0.649. The maximum Gasteiger partial charge on any atom is 0.242 e. The highest BCUT2D eigenvalue weighted by atomic mass is 19.1. The molecule has 4 nitrogen and oxygen atoms in total. The predicted molar refractivity (Wildman–Crippen MR) is 105 cm³/mol. The van der Waals surface area contributed by atoms with Gasteiger partial charge in [0, 0.05) is 13.1 Å². The topological polar surface area (TPSA) is 49.4 Å². The molecule has 0 bridgehead atoms. The number of rotatable bonds is 8. The summed E-state index contributed by atoms with van der Waals surface area (Å²) in [4.78, 5) is 26.9. The number of amides is 2. The van der Waals surface area contributed by atoms with Crippen LogP contribution in [-0.4, -0.2) is 29.3 Å². The van der Waals surface area contributed by atoms with Crippen molar-refractivity contribution in [2.75, 3.05) is 6.54 Å². The van der Waals surface area contributed by atoms with E-state index in [-0.39, 0.29) is 30.6 Å². The van der Waals surface area contributed by atoms with Crippen molar-refractivity contribution >= 4 is 11.8 Å². The Bertz CT molecular complexity index is 757. The molecule has 2 amide bonds. The summed E-state index contributed by atoms with van der Waals surface area (Å²) in [6.45, 7) is 6.52. The van der Waals surface area contributed by atoms with Gasteiger partial charge in [-0.1, -0.05) is 48.9 Å². The lowest BCUT2D eigenvalue weighted by Crippen LogP contribution is -2.48. The molecule has 0 aliphatic heterocycles. The molecule has 0 saturated carbocycles. The number of benzene rings is 2. The summed E-state index contributed by atoms with van der Waals surface area (Å²) in [6.07, 6.45) is 1.04. The van der Waals surface area contributed by atoms with Crippen LogP contribution in [0.15, 0.2) is 48.5 Å². The first-order valence-corrected chi connectivity index (χ1v) is 9.28. The van der Waals surface area contributed by atoms with Crippen LogP contribution in [0, 0.1) is 12.7 Å². The average Bonchev–Trinajstić information content (AvgIpc) is 2.66. The molecule has 2 aromatic rings. The normalized spacial score (nSPS) is 11.7. The van der Waals surface area contributed by atoms with Crippen molar-refractivity contribution in [3.8, 4) is 0 Å². The lowest BCUT2D eigenvalue weighted by atomic mass is 10.1. The Kier molecular flexibility index (Phi) is 7.53. The van der Waals surface area contributed by atoms with Crippen LogP contribution >= 0.6 is 0 Å². The molecule has 0 saturated heterocycles. The van der Waals surface area contributed by atoms with E-state index < -0.39 is 6.04 Å². The van der Waals surface area contributed by atoms with Crippen molar-refractivity contribution in [1.29, 1.82) is 0 Å². The number of aryl methyl sites for hydroxylation is 1. The van der Waals surface area contributed by atoms with Crippen LogP contribution in [-0.2, 0) is 22.6 Å². The predicted octanol–water partition coefficient (Wildman–Crippen LogP) is 3.62. The molecule has 2 rings (SSSR count). The summed E-state index contributed by atoms with van der Waals surface area (Å²) in [5.41, 5.74) is 2.81. The first-order valence-electron chi connectivity index (χ1n) is 9.28. The number of carbonyl (C=O) groups is 2. The zero-order chi connectivity index (χ0) is 19.8. The molecular weight excluding hydrogens is 343 g/mol. The fraction of sp³-hybridized carbons (Fsp3) is 0.364. The number of carbonyl (C=O) groups excluding carboxylic acids is 2. The van der Waals surface area contributed by atoms with Crippen LogP contribution in [0.5, 0.6) is 0 Å². The highest BCUT2D eigenvalue weighted by Gasteiger charge is 2.26. The van der Waals surface area contributed by atoms with E-state index in [1.165, 1.54) is 12.1 Å². The van der Waals surface area contributed by atoms with E-state index in [1.54, 1.807) is 24.0 Å². The van der Waals surface area contributed by atoms with Crippen LogP contribution in [0.1, 0.15) is 37.0 Å². The molecule has 0 spiro atoms. The van der Waals surface area contributed by atoms with Crippen LogP contribution < -0.4 is 5.32 Å². The lowest BCUT2D eigenvalue weighted by molar-refractivity contribution is -0.140. The number of nitrogens with zero attached hydrogens (tertiary/aromatic N) is 1. The zero-order valence-corrected chi connectivity index (χ0v) is 16.2. The van der Waals surface area contributed by atoms with Gasteiger partial charge in [-0.15, -0.1) is 0 Å². The zero-order valence-electron chi connectivity index (χ0n) is 16.2. The van der Waals surface area contributed by atoms with Crippen molar-refractivity contribution in [2.45, 2.75) is 46.2 Å². The number of hydrogen-bond donors (Lipinski definition) is 1. The summed E-state index contributed by atoms with van der Waals surface area (Å²) in [5, 5.41) is 2.84. The van der Waals surface area contributed by atoms with Crippen LogP contribution in [0.2, 0.25) is 0 Å². The van der Waals surface area contributed by atoms with Gasteiger partial charge in [0.15, 0.2) is 0 Å². The van der Waals surface area contributed by atoms with E-state index in [2.05, 4.69) is 5.32 Å². The first kappa shape index (κ1) is 20.6. The summed E-state index contributed by atoms with van der Waals surface area (Å²) in [6, 6.07) is 13.2. The van der Waals surface area contributed by atoms with Gasteiger partial charge in [-0.25, -0.2) is 4.39 Å². The Morgan fingerprint density at radius 1 is 1.04 bits per heavy atom. The smallest absolute Gasteiger partial charge is 0.242 e. The van der Waals surface area contributed by atoms with Crippen molar-refractivity contribution in [2.24, 2.45) is 0 Å². The molecular formula is C22H27FN2O2. The number of hydrogen-bond acceptors (Lipinski definition) is 2. The van der Waals surface area contributed by atoms with Gasteiger partial charge in [-0.2, -0.15) is 0 Å².